The molecule has 2 rings (SSSR count). The molecule has 2 aromatic rings. The van der Waals surface area contributed by atoms with Gasteiger partial charge in [-0.3, -0.25) is 4.98 Å². The van der Waals surface area contributed by atoms with Gasteiger partial charge in [0.1, 0.15) is 5.15 Å². The van der Waals surface area contributed by atoms with E-state index >= 15 is 0 Å². The molecule has 5 heteroatoms. The van der Waals surface area contributed by atoms with Crippen molar-refractivity contribution >= 4 is 23.1 Å². The molecule has 0 aromatic carbocycles. The minimum absolute atomic E-state index is 0.451. The van der Waals surface area contributed by atoms with E-state index in [9.17, 15) is 0 Å². The van der Waals surface area contributed by atoms with Crippen molar-refractivity contribution in [1.29, 1.82) is 0 Å². The second kappa shape index (κ2) is 5.69. The van der Waals surface area contributed by atoms with Crippen LogP contribution < -0.4 is 10.6 Å². The first kappa shape index (κ1) is 12.6. The molecule has 0 aliphatic heterocycles. The average molecular weight is 263 g/mol. The highest BCUT2D eigenvalue weighted by molar-refractivity contribution is 6.29. The van der Waals surface area contributed by atoms with Gasteiger partial charge < -0.3 is 10.6 Å². The summed E-state index contributed by atoms with van der Waals surface area (Å²) in [5.41, 5.74) is 7.74. The van der Waals surface area contributed by atoms with E-state index in [1.807, 2.05) is 12.1 Å². The maximum absolute atomic E-state index is 5.94. The Hall–Kier alpha value is -1.81. The maximum atomic E-state index is 5.94. The van der Waals surface area contributed by atoms with Gasteiger partial charge in [0.2, 0.25) is 0 Å². The first-order chi connectivity index (χ1) is 8.70. The summed E-state index contributed by atoms with van der Waals surface area (Å²) in [5.74, 6) is 0.724. The van der Waals surface area contributed by atoms with E-state index in [1.165, 1.54) is 0 Å². The molecule has 2 heterocycles. The van der Waals surface area contributed by atoms with E-state index in [0.717, 1.165) is 24.5 Å². The SMILES string of the molecule is CCN(Cc1ccncc1)c1nc(Cl)ccc1N. The molecule has 0 fully saturated rings. The van der Waals surface area contributed by atoms with Crippen LogP contribution >= 0.6 is 11.6 Å². The third-order valence-electron chi connectivity index (χ3n) is 2.68. The Morgan fingerprint density at radius 2 is 1.94 bits per heavy atom. The van der Waals surface area contributed by atoms with E-state index in [2.05, 4.69) is 21.8 Å². The largest absolute Gasteiger partial charge is 0.396 e. The Balaban J connectivity index is 2.26. The van der Waals surface area contributed by atoms with Gasteiger partial charge in [-0.2, -0.15) is 0 Å². The second-order valence-corrected chi connectivity index (χ2v) is 4.30. The summed E-state index contributed by atoms with van der Waals surface area (Å²) < 4.78 is 0. The summed E-state index contributed by atoms with van der Waals surface area (Å²) in [5, 5.41) is 0.451. The number of rotatable bonds is 4. The van der Waals surface area contributed by atoms with E-state index in [0.29, 0.717) is 10.8 Å². The molecule has 0 spiro atoms. The third-order valence-corrected chi connectivity index (χ3v) is 2.89. The molecule has 0 radical (unpaired) electrons. The third kappa shape index (κ3) is 2.90. The minimum atomic E-state index is 0.451. The summed E-state index contributed by atoms with van der Waals surface area (Å²) in [6.07, 6.45) is 3.55. The van der Waals surface area contributed by atoms with Crippen LogP contribution in [0.25, 0.3) is 0 Å². The Morgan fingerprint density at radius 1 is 1.22 bits per heavy atom. The molecule has 4 nitrogen and oxygen atoms in total. The number of nitrogens with zero attached hydrogens (tertiary/aromatic N) is 3. The molecular weight excluding hydrogens is 248 g/mol. The van der Waals surface area contributed by atoms with Gasteiger partial charge in [-0.1, -0.05) is 11.6 Å². The van der Waals surface area contributed by atoms with Crippen molar-refractivity contribution in [1.82, 2.24) is 9.97 Å². The fourth-order valence-corrected chi connectivity index (χ4v) is 1.88. The molecule has 0 aliphatic carbocycles. The Bertz CT molecular complexity index is 516. The molecule has 94 valence electrons. The van der Waals surface area contributed by atoms with Crippen LogP contribution in [0.2, 0.25) is 5.15 Å². The highest BCUT2D eigenvalue weighted by atomic mass is 35.5. The number of hydrogen-bond acceptors (Lipinski definition) is 4. The lowest BCUT2D eigenvalue weighted by atomic mass is 10.2. The van der Waals surface area contributed by atoms with Crippen LogP contribution in [0.1, 0.15) is 12.5 Å². The van der Waals surface area contributed by atoms with Gasteiger partial charge in [0.05, 0.1) is 5.69 Å². The highest BCUT2D eigenvalue weighted by Gasteiger charge is 2.11. The number of aromatic nitrogens is 2. The normalized spacial score (nSPS) is 10.3. The Morgan fingerprint density at radius 3 is 2.61 bits per heavy atom. The first-order valence-corrected chi connectivity index (χ1v) is 6.14. The molecule has 0 unspecified atom stereocenters. The van der Waals surface area contributed by atoms with Gasteiger partial charge in [-0.15, -0.1) is 0 Å². The van der Waals surface area contributed by atoms with Crippen LogP contribution in [0, 0.1) is 0 Å². The number of halogens is 1. The number of anilines is 2. The van der Waals surface area contributed by atoms with E-state index in [-0.39, 0.29) is 0 Å². The van der Waals surface area contributed by atoms with Crippen LogP contribution in [0.3, 0.4) is 0 Å². The van der Waals surface area contributed by atoms with Gasteiger partial charge >= 0.3 is 0 Å². The van der Waals surface area contributed by atoms with Gasteiger partial charge in [0.25, 0.3) is 0 Å². The predicted octanol–water partition coefficient (Wildman–Crippen LogP) is 2.74. The van der Waals surface area contributed by atoms with Crippen molar-refractivity contribution in [2.24, 2.45) is 0 Å². The molecule has 0 saturated carbocycles. The van der Waals surface area contributed by atoms with Crippen molar-refractivity contribution < 1.29 is 0 Å². The van der Waals surface area contributed by atoms with Gasteiger partial charge in [0.15, 0.2) is 5.82 Å². The highest BCUT2D eigenvalue weighted by Crippen LogP contribution is 2.24. The number of nitrogen functional groups attached to an aromatic ring is 1. The molecule has 2 N–H and O–H groups in total. The zero-order valence-corrected chi connectivity index (χ0v) is 10.9. The maximum Gasteiger partial charge on any atom is 0.153 e. The van der Waals surface area contributed by atoms with Crippen LogP contribution in [0.15, 0.2) is 36.7 Å². The quantitative estimate of drug-likeness (QED) is 0.861. The summed E-state index contributed by atoms with van der Waals surface area (Å²) >= 11 is 5.92. The lowest BCUT2D eigenvalue weighted by molar-refractivity contribution is 0.814. The summed E-state index contributed by atoms with van der Waals surface area (Å²) in [6.45, 7) is 3.60. The van der Waals surface area contributed by atoms with E-state index in [4.69, 9.17) is 17.3 Å². The number of hydrogen-bond donors (Lipinski definition) is 1. The zero-order valence-electron chi connectivity index (χ0n) is 10.2. The standard InChI is InChI=1S/C13H15ClN4/c1-2-18(9-10-5-7-16-8-6-10)13-11(15)3-4-12(14)17-13/h3-8H,2,9,15H2,1H3. The zero-order chi connectivity index (χ0) is 13.0. The topological polar surface area (TPSA) is 55.0 Å². The lowest BCUT2D eigenvalue weighted by Gasteiger charge is -2.23. The fraction of sp³-hybridized carbons (Fsp3) is 0.231. The number of pyridine rings is 2. The van der Waals surface area contributed by atoms with Crippen molar-refractivity contribution in [2.75, 3.05) is 17.2 Å². The molecule has 0 atom stereocenters. The summed E-state index contributed by atoms with van der Waals surface area (Å²) in [7, 11) is 0. The predicted molar refractivity (Wildman–Crippen MR) is 74.6 cm³/mol. The molecular formula is C13H15ClN4. The van der Waals surface area contributed by atoms with E-state index in [1.54, 1.807) is 24.5 Å². The van der Waals surface area contributed by atoms with E-state index < -0.39 is 0 Å². The van der Waals surface area contributed by atoms with Gasteiger partial charge in [-0.25, -0.2) is 4.98 Å². The average Bonchev–Trinajstić information content (AvgIpc) is 2.40. The van der Waals surface area contributed by atoms with Gasteiger partial charge in [0, 0.05) is 25.5 Å². The smallest absolute Gasteiger partial charge is 0.153 e. The van der Waals surface area contributed by atoms with Crippen LogP contribution in [-0.2, 0) is 6.54 Å². The summed E-state index contributed by atoms with van der Waals surface area (Å²) in [4.78, 5) is 10.4. The molecule has 0 saturated heterocycles. The monoisotopic (exact) mass is 262 g/mol. The Kier molecular flexibility index (Phi) is 3.99. The van der Waals surface area contributed by atoms with Crippen LogP contribution in [0.4, 0.5) is 11.5 Å². The molecule has 2 aromatic heterocycles. The van der Waals surface area contributed by atoms with Crippen molar-refractivity contribution in [3.63, 3.8) is 0 Å². The molecule has 18 heavy (non-hydrogen) atoms. The van der Waals surface area contributed by atoms with Crippen LogP contribution in [-0.4, -0.2) is 16.5 Å². The first-order valence-electron chi connectivity index (χ1n) is 5.76. The van der Waals surface area contributed by atoms with Crippen LogP contribution in [0.5, 0.6) is 0 Å². The lowest BCUT2D eigenvalue weighted by Crippen LogP contribution is -2.24. The van der Waals surface area contributed by atoms with Crippen molar-refractivity contribution in [3.8, 4) is 0 Å². The molecule has 0 aliphatic rings. The minimum Gasteiger partial charge on any atom is -0.396 e. The second-order valence-electron chi connectivity index (χ2n) is 3.92. The molecule has 0 amide bonds. The van der Waals surface area contributed by atoms with Crippen molar-refractivity contribution in [3.05, 3.63) is 47.4 Å². The Labute approximate surface area is 111 Å². The van der Waals surface area contributed by atoms with Crippen molar-refractivity contribution in [2.45, 2.75) is 13.5 Å². The van der Waals surface area contributed by atoms with Gasteiger partial charge in [-0.05, 0) is 36.8 Å². The summed E-state index contributed by atoms with van der Waals surface area (Å²) in [6, 6.07) is 7.42. The fourth-order valence-electron chi connectivity index (χ4n) is 1.73. The number of nitrogens with two attached hydrogens (primary N) is 1. The molecule has 0 bridgehead atoms.